The highest BCUT2D eigenvalue weighted by Gasteiger charge is 2.25. The molecule has 0 aliphatic heterocycles. The van der Waals surface area contributed by atoms with Crippen LogP contribution in [0, 0.1) is 24.4 Å². The maximum Gasteiger partial charge on any atom is 0.254 e. The van der Waals surface area contributed by atoms with Crippen LogP contribution in [0.1, 0.15) is 35.0 Å². The highest BCUT2D eigenvalue weighted by Crippen LogP contribution is 2.33. The van der Waals surface area contributed by atoms with Gasteiger partial charge in [-0.3, -0.25) is 4.79 Å². The Morgan fingerprint density at radius 1 is 0.971 bits per heavy atom. The Bertz CT molecular complexity index is 1320. The van der Waals surface area contributed by atoms with E-state index in [1.165, 1.54) is 35.0 Å². The van der Waals surface area contributed by atoms with Crippen LogP contribution in [0.25, 0.3) is 5.69 Å². The van der Waals surface area contributed by atoms with Gasteiger partial charge in [-0.25, -0.2) is 17.9 Å². The van der Waals surface area contributed by atoms with Crippen LogP contribution in [0.3, 0.4) is 0 Å². The first-order valence-electron chi connectivity index (χ1n) is 11.2. The van der Waals surface area contributed by atoms with Gasteiger partial charge in [0.25, 0.3) is 5.91 Å². The molecule has 3 aromatic carbocycles. The quantitative estimate of drug-likeness (QED) is 0.292. The van der Waals surface area contributed by atoms with Crippen LogP contribution < -0.4 is 4.74 Å². The summed E-state index contributed by atoms with van der Waals surface area (Å²) in [4.78, 5) is 14.8. The first-order valence-corrected chi connectivity index (χ1v) is 11.2. The summed E-state index contributed by atoms with van der Waals surface area (Å²) in [6.07, 6.45) is 0.682. The van der Waals surface area contributed by atoms with Gasteiger partial charge in [-0.1, -0.05) is 25.1 Å². The van der Waals surface area contributed by atoms with Gasteiger partial charge in [-0.15, -0.1) is 0 Å². The van der Waals surface area contributed by atoms with Gasteiger partial charge in [0.1, 0.15) is 11.6 Å². The average Bonchev–Trinajstić information content (AvgIpc) is 3.16. The number of amides is 1. The van der Waals surface area contributed by atoms with Crippen molar-refractivity contribution in [2.45, 2.75) is 26.8 Å². The third kappa shape index (κ3) is 5.37. The molecule has 4 aromatic rings. The number of nitrogens with zero attached hydrogens (tertiary/aromatic N) is 3. The Morgan fingerprint density at radius 2 is 1.66 bits per heavy atom. The van der Waals surface area contributed by atoms with E-state index < -0.39 is 17.5 Å². The summed E-state index contributed by atoms with van der Waals surface area (Å²) < 4.78 is 48.8. The molecule has 0 radical (unpaired) electrons. The van der Waals surface area contributed by atoms with Crippen LogP contribution in [0.15, 0.2) is 72.8 Å². The second-order valence-corrected chi connectivity index (χ2v) is 8.03. The predicted molar refractivity (Wildman–Crippen MR) is 126 cm³/mol. The average molecular weight is 480 g/mol. The smallest absolute Gasteiger partial charge is 0.254 e. The summed E-state index contributed by atoms with van der Waals surface area (Å²) in [6.45, 7) is 4.27. The number of hydrogen-bond acceptors (Lipinski definition) is 3. The molecule has 0 unspecified atom stereocenters. The van der Waals surface area contributed by atoms with Crippen LogP contribution in [-0.2, 0) is 6.54 Å². The van der Waals surface area contributed by atoms with Crippen molar-refractivity contribution < 1.29 is 22.7 Å². The zero-order valence-electron chi connectivity index (χ0n) is 19.3. The van der Waals surface area contributed by atoms with Gasteiger partial charge in [0.2, 0.25) is 5.88 Å². The number of aromatic nitrogens is 2. The first-order chi connectivity index (χ1) is 16.9. The lowest BCUT2D eigenvalue weighted by Crippen LogP contribution is -2.31. The Balaban J connectivity index is 1.77. The highest BCUT2D eigenvalue weighted by molar-refractivity contribution is 5.94. The van der Waals surface area contributed by atoms with Crippen LogP contribution in [-0.4, -0.2) is 27.1 Å². The fraction of sp³-hybridized carbons (Fsp3) is 0.185. The standard InChI is InChI=1S/C27H24F3N3O2/c1-3-15-32(26(34)19-9-11-20(28)12-10-19)17-23-18(2)31-33(22-7-5-4-6-8-22)27(23)35-25-14-13-21(29)16-24(25)30/h4-14,16H,3,15,17H2,1-2H3. The summed E-state index contributed by atoms with van der Waals surface area (Å²) in [5, 5.41) is 4.59. The van der Waals surface area contributed by atoms with E-state index in [9.17, 15) is 18.0 Å². The molecule has 8 heteroatoms. The van der Waals surface area contributed by atoms with Gasteiger partial charge >= 0.3 is 0 Å². The van der Waals surface area contributed by atoms with Crippen molar-refractivity contribution in [3.05, 3.63) is 107 Å². The van der Waals surface area contributed by atoms with Crippen LogP contribution in [0.4, 0.5) is 13.2 Å². The number of carbonyl (C=O) groups is 1. The summed E-state index contributed by atoms with van der Waals surface area (Å²) in [5.41, 5.74) is 2.17. The number of benzene rings is 3. The lowest BCUT2D eigenvalue weighted by molar-refractivity contribution is 0.0742. The van der Waals surface area contributed by atoms with Gasteiger partial charge in [0.15, 0.2) is 11.6 Å². The number of para-hydroxylation sites is 1. The minimum absolute atomic E-state index is 0.126. The minimum Gasteiger partial charge on any atom is -0.435 e. The minimum atomic E-state index is -0.859. The van der Waals surface area contributed by atoms with Crippen molar-refractivity contribution in [1.82, 2.24) is 14.7 Å². The molecule has 180 valence electrons. The summed E-state index contributed by atoms with van der Waals surface area (Å²) >= 11 is 0. The van der Waals surface area contributed by atoms with Gasteiger partial charge in [0, 0.05) is 18.2 Å². The third-order valence-corrected chi connectivity index (χ3v) is 5.46. The Morgan fingerprint density at radius 3 is 2.31 bits per heavy atom. The Labute approximate surface area is 201 Å². The molecule has 0 atom stereocenters. The molecule has 0 aliphatic carbocycles. The van der Waals surface area contributed by atoms with Crippen molar-refractivity contribution in [1.29, 1.82) is 0 Å². The lowest BCUT2D eigenvalue weighted by Gasteiger charge is -2.23. The van der Waals surface area contributed by atoms with Crippen molar-refractivity contribution in [2.75, 3.05) is 6.54 Å². The van der Waals surface area contributed by atoms with Crippen molar-refractivity contribution >= 4 is 5.91 Å². The van der Waals surface area contributed by atoms with Crippen molar-refractivity contribution in [2.24, 2.45) is 0 Å². The molecule has 0 aliphatic rings. The number of ether oxygens (including phenoxy) is 1. The van der Waals surface area contributed by atoms with Crippen molar-refractivity contribution in [3.8, 4) is 17.3 Å². The summed E-state index contributed by atoms with van der Waals surface area (Å²) in [7, 11) is 0. The zero-order chi connectivity index (χ0) is 24.9. The maximum atomic E-state index is 14.5. The normalized spacial score (nSPS) is 10.9. The van der Waals surface area contributed by atoms with E-state index >= 15 is 0 Å². The number of rotatable bonds is 8. The predicted octanol–water partition coefficient (Wildman–Crippen LogP) is 6.44. The summed E-state index contributed by atoms with van der Waals surface area (Å²) in [6, 6.07) is 17.6. The van der Waals surface area contributed by atoms with E-state index in [0.717, 1.165) is 12.1 Å². The molecule has 0 N–H and O–H groups in total. The van der Waals surface area contributed by atoms with E-state index in [1.54, 1.807) is 11.8 Å². The molecule has 1 heterocycles. The van der Waals surface area contributed by atoms with Crippen molar-refractivity contribution in [3.63, 3.8) is 0 Å². The molecule has 0 fully saturated rings. The number of halogens is 3. The second kappa shape index (κ2) is 10.5. The van der Waals surface area contributed by atoms with E-state index in [4.69, 9.17) is 4.74 Å². The molecule has 0 bridgehead atoms. The first kappa shape index (κ1) is 24.1. The van der Waals surface area contributed by atoms with Crippen LogP contribution in [0.2, 0.25) is 0 Å². The molecule has 5 nitrogen and oxygen atoms in total. The van der Waals surface area contributed by atoms with E-state index in [2.05, 4.69) is 5.10 Å². The number of carbonyl (C=O) groups excluding carboxylic acids is 1. The Kier molecular flexibility index (Phi) is 7.19. The molecule has 1 amide bonds. The van der Waals surface area contributed by atoms with E-state index in [1.807, 2.05) is 37.3 Å². The van der Waals surface area contributed by atoms with Crippen LogP contribution in [0.5, 0.6) is 11.6 Å². The lowest BCUT2D eigenvalue weighted by atomic mass is 10.1. The second-order valence-electron chi connectivity index (χ2n) is 8.03. The monoisotopic (exact) mass is 479 g/mol. The third-order valence-electron chi connectivity index (χ3n) is 5.46. The SMILES string of the molecule is CCCN(Cc1c(C)nn(-c2ccccc2)c1Oc1ccc(F)cc1F)C(=O)c1ccc(F)cc1. The molecule has 0 spiro atoms. The number of hydrogen-bond donors (Lipinski definition) is 0. The Hall–Kier alpha value is -4.07. The summed E-state index contributed by atoms with van der Waals surface area (Å²) in [5.74, 6) is -2.24. The molecule has 0 saturated carbocycles. The van der Waals surface area contributed by atoms with Gasteiger partial charge in [0.05, 0.1) is 23.5 Å². The zero-order valence-corrected chi connectivity index (χ0v) is 19.3. The maximum absolute atomic E-state index is 14.5. The molecule has 0 saturated heterocycles. The van der Waals surface area contributed by atoms with Gasteiger partial charge in [-0.2, -0.15) is 5.10 Å². The topological polar surface area (TPSA) is 47.4 Å². The molecular formula is C27H24F3N3O2. The molecule has 1 aromatic heterocycles. The van der Waals surface area contributed by atoms with Crippen LogP contribution >= 0.6 is 0 Å². The molecular weight excluding hydrogens is 455 g/mol. The molecule has 35 heavy (non-hydrogen) atoms. The van der Waals surface area contributed by atoms with Gasteiger partial charge in [-0.05, 0) is 61.9 Å². The fourth-order valence-electron chi connectivity index (χ4n) is 3.72. The van der Waals surface area contributed by atoms with Gasteiger partial charge < -0.3 is 9.64 Å². The largest absolute Gasteiger partial charge is 0.435 e. The fourth-order valence-corrected chi connectivity index (χ4v) is 3.72. The van der Waals surface area contributed by atoms with E-state index in [0.29, 0.717) is 35.5 Å². The molecule has 4 rings (SSSR count). The number of aryl methyl sites for hydroxylation is 1. The van der Waals surface area contributed by atoms with E-state index in [-0.39, 0.29) is 24.1 Å². The highest BCUT2D eigenvalue weighted by atomic mass is 19.1.